The molecule has 1 unspecified atom stereocenters. The Morgan fingerprint density at radius 2 is 1.80 bits per heavy atom. The van der Waals surface area contributed by atoms with Crippen molar-refractivity contribution in [1.82, 2.24) is 4.72 Å². The van der Waals surface area contributed by atoms with E-state index in [2.05, 4.69) is 10.0 Å². The van der Waals surface area contributed by atoms with E-state index in [0.717, 1.165) is 24.3 Å². The minimum absolute atomic E-state index is 0.111. The molecule has 0 saturated heterocycles. The molecule has 0 fully saturated rings. The Bertz CT molecular complexity index is 1070. The average molecular weight is 465 g/mol. The van der Waals surface area contributed by atoms with Crippen molar-refractivity contribution in [2.24, 2.45) is 0 Å². The highest BCUT2D eigenvalue weighted by Crippen LogP contribution is 2.30. The van der Waals surface area contributed by atoms with Gasteiger partial charge in [-0.2, -0.15) is 13.2 Å². The molecule has 1 atom stereocenters. The number of sulfonamides is 1. The van der Waals surface area contributed by atoms with Gasteiger partial charge in [-0.3, -0.25) is 4.79 Å². The van der Waals surface area contributed by atoms with Gasteiger partial charge >= 0.3 is 12.1 Å². The van der Waals surface area contributed by atoms with Crippen molar-refractivity contribution in [3.05, 3.63) is 58.6 Å². The Hall–Kier alpha value is -2.63. The molecule has 0 aliphatic rings. The summed E-state index contributed by atoms with van der Waals surface area (Å²) < 4.78 is 69.1. The highest BCUT2D eigenvalue weighted by Gasteiger charge is 2.31. The first-order valence-corrected chi connectivity index (χ1v) is 10.1. The third kappa shape index (κ3) is 5.71. The Morgan fingerprint density at radius 3 is 2.40 bits per heavy atom. The normalized spacial score (nSPS) is 12.9. The lowest BCUT2D eigenvalue weighted by molar-refractivity contribution is -0.137. The quantitative estimate of drug-likeness (QED) is 0.638. The van der Waals surface area contributed by atoms with Gasteiger partial charge in [0, 0.05) is 5.69 Å². The summed E-state index contributed by atoms with van der Waals surface area (Å²) in [6.07, 6.45) is -6.00. The van der Waals surface area contributed by atoms with E-state index in [1.54, 1.807) is 0 Å². The first-order valence-electron chi connectivity index (χ1n) is 8.27. The Labute approximate surface area is 175 Å². The van der Waals surface area contributed by atoms with Gasteiger partial charge in [0.05, 0.1) is 21.0 Å². The van der Waals surface area contributed by atoms with Crippen molar-refractivity contribution in [1.29, 1.82) is 0 Å². The molecular formula is C18H16ClF3N2O5S. The number of ether oxygens (including phenoxy) is 1. The van der Waals surface area contributed by atoms with Crippen molar-refractivity contribution in [2.75, 3.05) is 12.4 Å². The van der Waals surface area contributed by atoms with E-state index in [1.165, 1.54) is 32.2 Å². The number of benzene rings is 2. The fraction of sp³-hybridized carbons (Fsp3) is 0.222. The van der Waals surface area contributed by atoms with E-state index in [4.69, 9.17) is 16.3 Å². The zero-order valence-electron chi connectivity index (χ0n) is 15.6. The van der Waals surface area contributed by atoms with Crippen molar-refractivity contribution >= 4 is 39.2 Å². The van der Waals surface area contributed by atoms with E-state index in [0.29, 0.717) is 0 Å². The molecule has 0 aliphatic carbocycles. The number of hydrogen-bond donors (Lipinski definition) is 2. The Kier molecular flexibility index (Phi) is 7.11. The topological polar surface area (TPSA) is 102 Å². The fourth-order valence-corrected chi connectivity index (χ4v) is 3.19. The van der Waals surface area contributed by atoms with Crippen molar-refractivity contribution in [3.63, 3.8) is 0 Å². The van der Waals surface area contributed by atoms with E-state index >= 15 is 0 Å². The first-order chi connectivity index (χ1) is 13.8. The van der Waals surface area contributed by atoms with Crippen LogP contribution in [-0.2, 0) is 25.7 Å². The summed E-state index contributed by atoms with van der Waals surface area (Å²) >= 11 is 5.91. The van der Waals surface area contributed by atoms with Crippen LogP contribution in [0.2, 0.25) is 5.02 Å². The van der Waals surface area contributed by atoms with Gasteiger partial charge in [-0.25, -0.2) is 17.9 Å². The summed E-state index contributed by atoms with van der Waals surface area (Å²) in [7, 11) is -2.68. The van der Waals surface area contributed by atoms with Crippen molar-refractivity contribution in [2.45, 2.75) is 24.1 Å². The maximum absolute atomic E-state index is 12.8. The van der Waals surface area contributed by atoms with E-state index in [9.17, 15) is 31.2 Å². The monoisotopic (exact) mass is 464 g/mol. The van der Waals surface area contributed by atoms with Crippen LogP contribution in [0.4, 0.5) is 18.9 Å². The second-order valence-electron chi connectivity index (χ2n) is 5.96. The van der Waals surface area contributed by atoms with Crippen LogP contribution in [0.15, 0.2) is 47.4 Å². The molecule has 2 aromatic rings. The van der Waals surface area contributed by atoms with Gasteiger partial charge in [0.2, 0.25) is 10.0 Å². The minimum atomic E-state index is -4.59. The lowest BCUT2D eigenvalue weighted by Crippen LogP contribution is -2.30. The Morgan fingerprint density at radius 1 is 1.13 bits per heavy atom. The molecule has 30 heavy (non-hydrogen) atoms. The molecule has 0 radical (unpaired) electrons. The third-order valence-corrected chi connectivity index (χ3v) is 5.59. The molecule has 7 nitrogen and oxygen atoms in total. The van der Waals surface area contributed by atoms with Gasteiger partial charge in [0.25, 0.3) is 5.91 Å². The number of anilines is 1. The standard InChI is InChI=1S/C18H16ClF3N2O5S/c1-10(16(25)24-12-5-3-4-11(8-12)18(20,21)22)29-17(26)14-9-13(6-7-15(14)19)30(27,28)23-2/h3-10,23H,1-2H3,(H,24,25). The highest BCUT2D eigenvalue weighted by atomic mass is 35.5. The molecule has 0 aliphatic heterocycles. The molecule has 0 bridgehead atoms. The van der Waals surface area contributed by atoms with Gasteiger partial charge in [0.15, 0.2) is 6.10 Å². The van der Waals surface area contributed by atoms with Gasteiger partial charge < -0.3 is 10.1 Å². The van der Waals surface area contributed by atoms with Gasteiger partial charge in [0.1, 0.15) is 0 Å². The summed E-state index contributed by atoms with van der Waals surface area (Å²) in [5.74, 6) is -1.97. The average Bonchev–Trinajstić information content (AvgIpc) is 2.67. The maximum atomic E-state index is 12.8. The first kappa shape index (κ1) is 23.6. The van der Waals surface area contributed by atoms with Crippen LogP contribution < -0.4 is 10.0 Å². The second-order valence-corrected chi connectivity index (χ2v) is 8.26. The molecule has 0 heterocycles. The predicted molar refractivity (Wildman–Crippen MR) is 103 cm³/mol. The number of alkyl halides is 3. The summed E-state index contributed by atoms with van der Waals surface area (Å²) in [5, 5.41) is 2.10. The zero-order valence-corrected chi connectivity index (χ0v) is 17.2. The lowest BCUT2D eigenvalue weighted by atomic mass is 10.2. The fourth-order valence-electron chi connectivity index (χ4n) is 2.24. The summed E-state index contributed by atoms with van der Waals surface area (Å²) in [6, 6.07) is 7.26. The molecule has 0 saturated carbocycles. The van der Waals surface area contributed by atoms with Gasteiger partial charge in [-0.1, -0.05) is 17.7 Å². The molecule has 2 N–H and O–H groups in total. The summed E-state index contributed by atoms with van der Waals surface area (Å²) in [5.41, 5.74) is -1.40. The second kappa shape index (κ2) is 9.02. The highest BCUT2D eigenvalue weighted by molar-refractivity contribution is 7.89. The molecule has 1 amide bonds. The Balaban J connectivity index is 2.14. The smallest absolute Gasteiger partial charge is 0.416 e. The van der Waals surface area contributed by atoms with Crippen LogP contribution in [0.1, 0.15) is 22.8 Å². The number of rotatable bonds is 6. The van der Waals surface area contributed by atoms with E-state index < -0.39 is 39.7 Å². The van der Waals surface area contributed by atoms with Crippen molar-refractivity contribution in [3.8, 4) is 0 Å². The van der Waals surface area contributed by atoms with Gasteiger partial charge in [-0.05, 0) is 50.4 Å². The molecule has 12 heteroatoms. The van der Waals surface area contributed by atoms with Crippen LogP contribution in [-0.4, -0.2) is 33.4 Å². The van der Waals surface area contributed by atoms with Crippen LogP contribution in [0.25, 0.3) is 0 Å². The molecule has 0 spiro atoms. The number of carbonyl (C=O) groups excluding carboxylic acids is 2. The summed E-state index contributed by atoms with van der Waals surface area (Å²) in [4.78, 5) is 24.3. The minimum Gasteiger partial charge on any atom is -0.449 e. The molecule has 162 valence electrons. The molecule has 0 aromatic heterocycles. The van der Waals surface area contributed by atoms with Gasteiger partial charge in [-0.15, -0.1) is 0 Å². The largest absolute Gasteiger partial charge is 0.449 e. The van der Waals surface area contributed by atoms with Crippen LogP contribution >= 0.6 is 11.6 Å². The summed E-state index contributed by atoms with van der Waals surface area (Å²) in [6.45, 7) is 1.20. The van der Waals surface area contributed by atoms with Crippen LogP contribution in [0.5, 0.6) is 0 Å². The number of carbonyl (C=O) groups is 2. The number of hydrogen-bond acceptors (Lipinski definition) is 5. The van der Waals surface area contributed by atoms with Crippen molar-refractivity contribution < 1.29 is 35.9 Å². The maximum Gasteiger partial charge on any atom is 0.416 e. The predicted octanol–water partition coefficient (Wildman–Crippen LogP) is 3.45. The molecule has 2 aromatic carbocycles. The zero-order chi connectivity index (χ0) is 22.7. The SMILES string of the molecule is CNS(=O)(=O)c1ccc(Cl)c(C(=O)OC(C)C(=O)Nc2cccc(C(F)(F)F)c2)c1. The van der Waals surface area contributed by atoms with E-state index in [1.807, 2.05) is 0 Å². The number of esters is 1. The lowest BCUT2D eigenvalue weighted by Gasteiger charge is -2.15. The number of nitrogens with one attached hydrogen (secondary N) is 2. The van der Waals surface area contributed by atoms with E-state index in [-0.39, 0.29) is 21.2 Å². The third-order valence-electron chi connectivity index (χ3n) is 3.85. The number of halogens is 4. The number of amides is 1. The van der Waals surface area contributed by atoms with Crippen LogP contribution in [0.3, 0.4) is 0 Å². The van der Waals surface area contributed by atoms with Crippen LogP contribution in [0, 0.1) is 0 Å². The molecule has 2 rings (SSSR count). The molecular weight excluding hydrogens is 449 g/mol.